The van der Waals surface area contributed by atoms with E-state index in [0.717, 1.165) is 55.8 Å². The van der Waals surface area contributed by atoms with Crippen LogP contribution in [0.25, 0.3) is 0 Å². The second-order valence-corrected chi connectivity index (χ2v) is 7.33. The highest BCUT2D eigenvalue weighted by atomic mass is 16.5. The van der Waals surface area contributed by atoms with Gasteiger partial charge in [0.2, 0.25) is 0 Å². The van der Waals surface area contributed by atoms with Crippen LogP contribution < -0.4 is 20.1 Å². The fraction of sp³-hybridized carbons (Fsp3) is 0.360. The average Bonchev–Trinajstić information content (AvgIpc) is 3.26. The monoisotopic (exact) mass is 435 g/mol. The summed E-state index contributed by atoms with van der Waals surface area (Å²) in [4.78, 5) is 9.24. The Morgan fingerprint density at radius 2 is 1.78 bits per heavy atom. The molecule has 0 aliphatic rings. The fourth-order valence-electron chi connectivity index (χ4n) is 3.46. The molecule has 3 rings (SSSR count). The van der Waals surface area contributed by atoms with Gasteiger partial charge in [-0.2, -0.15) is 0 Å². The van der Waals surface area contributed by atoms with Crippen LogP contribution in [0.3, 0.4) is 0 Å². The van der Waals surface area contributed by atoms with Crippen molar-refractivity contribution in [2.45, 2.75) is 26.3 Å². The number of ether oxygens (including phenoxy) is 2. The lowest BCUT2D eigenvalue weighted by molar-refractivity contribution is 0.354. The van der Waals surface area contributed by atoms with E-state index in [1.54, 1.807) is 14.2 Å². The van der Waals surface area contributed by atoms with Crippen LogP contribution in [0, 0.1) is 0 Å². The Morgan fingerprint density at radius 1 is 0.969 bits per heavy atom. The molecule has 0 spiro atoms. The summed E-state index contributed by atoms with van der Waals surface area (Å²) >= 11 is 0. The molecule has 2 aromatic carbocycles. The van der Waals surface area contributed by atoms with E-state index >= 15 is 0 Å². The van der Waals surface area contributed by atoms with Crippen LogP contribution in [0.1, 0.15) is 23.9 Å². The van der Waals surface area contributed by atoms with Gasteiger partial charge in [-0.1, -0.05) is 36.4 Å². The number of hydrogen-bond acceptors (Lipinski definition) is 4. The van der Waals surface area contributed by atoms with Crippen LogP contribution in [-0.2, 0) is 19.4 Å². The maximum Gasteiger partial charge on any atom is 0.191 e. The molecule has 0 saturated carbocycles. The number of imidazole rings is 1. The molecule has 0 bridgehead atoms. The Hall–Kier alpha value is -3.48. The predicted octanol–water partition coefficient (Wildman–Crippen LogP) is 3.29. The van der Waals surface area contributed by atoms with Crippen molar-refractivity contribution in [1.82, 2.24) is 20.2 Å². The minimum Gasteiger partial charge on any atom is -0.493 e. The van der Waals surface area contributed by atoms with Crippen molar-refractivity contribution in [3.05, 3.63) is 77.9 Å². The van der Waals surface area contributed by atoms with Gasteiger partial charge in [-0.05, 0) is 36.6 Å². The Bertz CT molecular complexity index is 985. The van der Waals surface area contributed by atoms with E-state index in [2.05, 4.69) is 57.4 Å². The quantitative estimate of drug-likeness (QED) is 0.357. The van der Waals surface area contributed by atoms with Crippen molar-refractivity contribution < 1.29 is 9.47 Å². The predicted molar refractivity (Wildman–Crippen MR) is 129 cm³/mol. The SMILES string of the molecule is CCNC(=NCCc1nccn1Cc1ccccc1)NCCc1ccc(OC)c(OC)c1. The van der Waals surface area contributed by atoms with Crippen LogP contribution >= 0.6 is 0 Å². The van der Waals surface area contributed by atoms with Crippen LogP contribution in [0.4, 0.5) is 0 Å². The largest absolute Gasteiger partial charge is 0.493 e. The maximum atomic E-state index is 5.39. The number of methoxy groups -OCH3 is 2. The summed E-state index contributed by atoms with van der Waals surface area (Å²) in [7, 11) is 3.30. The summed E-state index contributed by atoms with van der Waals surface area (Å²) < 4.78 is 12.9. The van der Waals surface area contributed by atoms with E-state index in [-0.39, 0.29) is 0 Å². The van der Waals surface area contributed by atoms with Gasteiger partial charge in [-0.3, -0.25) is 4.99 Å². The number of aromatic nitrogens is 2. The second kappa shape index (κ2) is 12.4. The van der Waals surface area contributed by atoms with Crippen molar-refractivity contribution in [3.63, 3.8) is 0 Å². The highest BCUT2D eigenvalue weighted by molar-refractivity contribution is 5.79. The van der Waals surface area contributed by atoms with Crippen LogP contribution in [0.5, 0.6) is 11.5 Å². The molecular weight excluding hydrogens is 402 g/mol. The molecule has 0 fully saturated rings. The van der Waals surface area contributed by atoms with Gasteiger partial charge < -0.3 is 24.7 Å². The van der Waals surface area contributed by atoms with Gasteiger partial charge in [-0.25, -0.2) is 4.98 Å². The summed E-state index contributed by atoms with van der Waals surface area (Å²) in [6.45, 7) is 5.13. The molecule has 0 unspecified atom stereocenters. The smallest absolute Gasteiger partial charge is 0.191 e. The van der Waals surface area contributed by atoms with Crippen molar-refractivity contribution in [1.29, 1.82) is 0 Å². The summed E-state index contributed by atoms with van der Waals surface area (Å²) in [5.41, 5.74) is 2.44. The summed E-state index contributed by atoms with van der Waals surface area (Å²) in [5, 5.41) is 6.72. The molecule has 0 aliphatic carbocycles. The summed E-state index contributed by atoms with van der Waals surface area (Å²) in [6.07, 6.45) is 5.52. The van der Waals surface area contributed by atoms with Gasteiger partial charge in [0.1, 0.15) is 5.82 Å². The summed E-state index contributed by atoms with van der Waals surface area (Å²) in [6, 6.07) is 16.4. The van der Waals surface area contributed by atoms with Gasteiger partial charge in [0, 0.05) is 45.0 Å². The third-order valence-corrected chi connectivity index (χ3v) is 5.10. The lowest BCUT2D eigenvalue weighted by atomic mass is 10.1. The van der Waals surface area contributed by atoms with E-state index < -0.39 is 0 Å². The van der Waals surface area contributed by atoms with Crippen molar-refractivity contribution in [2.75, 3.05) is 33.9 Å². The zero-order valence-electron chi connectivity index (χ0n) is 19.2. The lowest BCUT2D eigenvalue weighted by Gasteiger charge is -2.13. The number of aliphatic imine (C=N–C) groups is 1. The number of nitrogens with zero attached hydrogens (tertiary/aromatic N) is 3. The Labute approximate surface area is 190 Å². The van der Waals surface area contributed by atoms with E-state index in [1.165, 1.54) is 11.1 Å². The molecule has 7 nitrogen and oxygen atoms in total. The van der Waals surface area contributed by atoms with Crippen molar-refractivity contribution in [3.8, 4) is 11.5 Å². The molecule has 3 aromatic rings. The average molecular weight is 436 g/mol. The molecule has 7 heteroatoms. The first-order valence-electron chi connectivity index (χ1n) is 11.0. The Morgan fingerprint density at radius 3 is 2.53 bits per heavy atom. The van der Waals surface area contributed by atoms with Crippen molar-refractivity contribution in [2.24, 2.45) is 4.99 Å². The van der Waals surface area contributed by atoms with Crippen LogP contribution in [0.15, 0.2) is 65.9 Å². The number of rotatable bonds is 11. The van der Waals surface area contributed by atoms with Gasteiger partial charge in [0.25, 0.3) is 0 Å². The first-order chi connectivity index (χ1) is 15.7. The Balaban J connectivity index is 1.52. The number of benzene rings is 2. The zero-order chi connectivity index (χ0) is 22.6. The van der Waals surface area contributed by atoms with E-state index in [4.69, 9.17) is 14.5 Å². The van der Waals surface area contributed by atoms with Gasteiger partial charge in [0.15, 0.2) is 17.5 Å². The maximum absolute atomic E-state index is 5.39. The van der Waals surface area contributed by atoms with E-state index in [9.17, 15) is 0 Å². The number of hydrogen-bond donors (Lipinski definition) is 2. The minimum absolute atomic E-state index is 0.664. The first kappa shape index (κ1) is 23.2. The van der Waals surface area contributed by atoms with Gasteiger partial charge in [0.05, 0.1) is 14.2 Å². The van der Waals surface area contributed by atoms with Crippen molar-refractivity contribution >= 4 is 5.96 Å². The Kier molecular flexibility index (Phi) is 8.98. The second-order valence-electron chi connectivity index (χ2n) is 7.33. The van der Waals surface area contributed by atoms with Gasteiger partial charge >= 0.3 is 0 Å². The molecule has 1 aromatic heterocycles. The molecule has 0 aliphatic heterocycles. The fourth-order valence-corrected chi connectivity index (χ4v) is 3.46. The number of nitrogens with one attached hydrogen (secondary N) is 2. The third kappa shape index (κ3) is 6.77. The molecular formula is C25H33N5O2. The molecule has 1 heterocycles. The third-order valence-electron chi connectivity index (χ3n) is 5.10. The van der Waals surface area contributed by atoms with Crippen LogP contribution in [0.2, 0.25) is 0 Å². The van der Waals surface area contributed by atoms with E-state index in [0.29, 0.717) is 6.54 Å². The molecule has 32 heavy (non-hydrogen) atoms. The topological polar surface area (TPSA) is 72.7 Å². The summed E-state index contributed by atoms with van der Waals surface area (Å²) in [5.74, 6) is 3.34. The van der Waals surface area contributed by atoms with Gasteiger partial charge in [-0.15, -0.1) is 0 Å². The normalized spacial score (nSPS) is 11.3. The molecule has 0 amide bonds. The molecule has 0 radical (unpaired) electrons. The minimum atomic E-state index is 0.664. The van der Waals surface area contributed by atoms with E-state index in [1.807, 2.05) is 30.6 Å². The lowest BCUT2D eigenvalue weighted by Crippen LogP contribution is -2.38. The highest BCUT2D eigenvalue weighted by Gasteiger charge is 2.06. The number of guanidine groups is 1. The zero-order valence-corrected chi connectivity index (χ0v) is 19.2. The highest BCUT2D eigenvalue weighted by Crippen LogP contribution is 2.27. The molecule has 0 atom stereocenters. The first-order valence-corrected chi connectivity index (χ1v) is 11.0. The molecule has 170 valence electrons. The molecule has 0 saturated heterocycles. The molecule has 2 N–H and O–H groups in total. The van der Waals surface area contributed by atoms with Crippen LogP contribution in [-0.4, -0.2) is 49.4 Å². The standard InChI is InChI=1S/C25H33N5O2/c1-4-26-25(28-14-12-20-10-11-22(31-2)23(18-20)32-3)29-15-13-24-27-16-17-30(24)19-21-8-6-5-7-9-21/h5-11,16-18H,4,12-15,19H2,1-3H3,(H2,26,28,29).